The van der Waals surface area contributed by atoms with E-state index in [2.05, 4.69) is 21.0 Å². The number of hydrogen-bond acceptors (Lipinski definition) is 5. The highest BCUT2D eigenvalue weighted by atomic mass is 32.2. The summed E-state index contributed by atoms with van der Waals surface area (Å²) in [5.74, 6) is 2.74. The number of rotatable bonds is 1. The maximum absolute atomic E-state index is 9.25. The van der Waals surface area contributed by atoms with Crippen LogP contribution in [0.25, 0.3) is 16.7 Å². The molecule has 0 radical (unpaired) electrons. The predicted molar refractivity (Wildman–Crippen MR) is 71.3 cm³/mol. The molecule has 1 N–H and O–H groups in total. The van der Waals surface area contributed by atoms with Gasteiger partial charge >= 0.3 is 0 Å². The van der Waals surface area contributed by atoms with Crippen molar-refractivity contribution in [1.82, 2.24) is 15.0 Å². The van der Waals surface area contributed by atoms with E-state index in [4.69, 9.17) is 0 Å². The second kappa shape index (κ2) is 4.43. The summed E-state index contributed by atoms with van der Waals surface area (Å²) in [6, 6.07) is 6.00. The third-order valence-corrected chi connectivity index (χ3v) is 5.07. The minimum Gasteiger partial charge on any atom is -0.336 e. The SMILES string of the molecule is N#CC(=C1SCCS1)c1nc2ncccc2[nH]1. The summed E-state index contributed by atoms with van der Waals surface area (Å²) in [5.41, 5.74) is 2.16. The van der Waals surface area contributed by atoms with Crippen LogP contribution in [0.5, 0.6) is 0 Å². The van der Waals surface area contributed by atoms with Gasteiger partial charge in [-0.25, -0.2) is 9.97 Å². The average molecular weight is 260 g/mol. The highest BCUT2D eigenvalue weighted by Gasteiger charge is 2.18. The van der Waals surface area contributed by atoms with Gasteiger partial charge in [0.2, 0.25) is 0 Å². The van der Waals surface area contributed by atoms with Crippen LogP contribution >= 0.6 is 23.5 Å². The van der Waals surface area contributed by atoms with Crippen molar-refractivity contribution in [3.63, 3.8) is 0 Å². The molecule has 0 atom stereocenters. The summed E-state index contributed by atoms with van der Waals surface area (Å²) < 4.78 is 1.06. The van der Waals surface area contributed by atoms with Crippen LogP contribution in [0, 0.1) is 11.3 Å². The van der Waals surface area contributed by atoms with Crippen LogP contribution in [0.4, 0.5) is 0 Å². The lowest BCUT2D eigenvalue weighted by Gasteiger charge is -1.97. The molecule has 3 rings (SSSR count). The summed E-state index contributed by atoms with van der Waals surface area (Å²) in [7, 11) is 0. The van der Waals surface area contributed by atoms with Crippen LogP contribution in [0.1, 0.15) is 5.82 Å². The van der Waals surface area contributed by atoms with Crippen LogP contribution in [-0.2, 0) is 0 Å². The quantitative estimate of drug-likeness (QED) is 0.798. The molecule has 0 aliphatic carbocycles. The van der Waals surface area contributed by atoms with Gasteiger partial charge in [0, 0.05) is 17.7 Å². The monoisotopic (exact) mass is 260 g/mol. The fourth-order valence-electron chi connectivity index (χ4n) is 1.61. The van der Waals surface area contributed by atoms with Crippen LogP contribution < -0.4 is 0 Å². The Bertz CT molecular complexity index is 597. The normalized spacial score (nSPS) is 15.1. The fourth-order valence-corrected chi connectivity index (χ4v) is 4.06. The lowest BCUT2D eigenvalue weighted by atomic mass is 10.3. The van der Waals surface area contributed by atoms with E-state index < -0.39 is 0 Å². The van der Waals surface area contributed by atoms with Gasteiger partial charge in [0.05, 0.1) is 9.75 Å². The third-order valence-electron chi connectivity index (χ3n) is 2.36. The van der Waals surface area contributed by atoms with Gasteiger partial charge in [0.15, 0.2) is 11.5 Å². The molecule has 17 heavy (non-hydrogen) atoms. The maximum atomic E-state index is 9.25. The molecule has 0 bridgehead atoms. The van der Waals surface area contributed by atoms with E-state index in [1.54, 1.807) is 29.7 Å². The number of hydrogen-bond donors (Lipinski definition) is 1. The van der Waals surface area contributed by atoms with Crippen molar-refractivity contribution in [2.24, 2.45) is 0 Å². The van der Waals surface area contributed by atoms with Crippen molar-refractivity contribution >= 4 is 40.3 Å². The Hall–Kier alpha value is -1.45. The largest absolute Gasteiger partial charge is 0.336 e. The molecule has 1 fully saturated rings. The first-order valence-electron chi connectivity index (χ1n) is 5.09. The Morgan fingerprint density at radius 3 is 2.94 bits per heavy atom. The van der Waals surface area contributed by atoms with Crippen LogP contribution in [0.3, 0.4) is 0 Å². The Morgan fingerprint density at radius 2 is 2.24 bits per heavy atom. The van der Waals surface area contributed by atoms with Crippen molar-refractivity contribution in [2.45, 2.75) is 0 Å². The lowest BCUT2D eigenvalue weighted by Crippen LogP contribution is -1.86. The number of nitrogens with one attached hydrogen (secondary N) is 1. The zero-order valence-electron chi connectivity index (χ0n) is 8.80. The van der Waals surface area contributed by atoms with Crippen molar-refractivity contribution in [3.8, 4) is 6.07 Å². The van der Waals surface area contributed by atoms with Gasteiger partial charge in [-0.3, -0.25) is 0 Å². The lowest BCUT2D eigenvalue weighted by molar-refractivity contribution is 1.25. The van der Waals surface area contributed by atoms with E-state index in [0.29, 0.717) is 17.0 Å². The van der Waals surface area contributed by atoms with Crippen molar-refractivity contribution in [1.29, 1.82) is 5.26 Å². The van der Waals surface area contributed by atoms with Gasteiger partial charge in [0.1, 0.15) is 11.6 Å². The van der Waals surface area contributed by atoms with E-state index in [0.717, 1.165) is 21.3 Å². The number of nitrogens with zero attached hydrogens (tertiary/aromatic N) is 3. The minimum atomic E-state index is 0.623. The molecule has 6 heteroatoms. The molecular formula is C11H8N4S2. The molecular weight excluding hydrogens is 252 g/mol. The molecule has 84 valence electrons. The van der Waals surface area contributed by atoms with E-state index in [1.165, 1.54) is 0 Å². The summed E-state index contributed by atoms with van der Waals surface area (Å²) in [6.45, 7) is 0. The Kier molecular flexibility index (Phi) is 2.79. The van der Waals surface area contributed by atoms with Crippen LogP contribution in [-0.4, -0.2) is 26.5 Å². The summed E-state index contributed by atoms with van der Waals surface area (Å²) in [5, 5.41) is 9.25. The molecule has 1 saturated heterocycles. The first-order valence-corrected chi connectivity index (χ1v) is 7.06. The molecule has 0 saturated carbocycles. The summed E-state index contributed by atoms with van der Waals surface area (Å²) >= 11 is 3.44. The molecule has 0 amide bonds. The number of aromatic amines is 1. The number of nitriles is 1. The Morgan fingerprint density at radius 1 is 1.41 bits per heavy atom. The summed E-state index contributed by atoms with van der Waals surface area (Å²) in [4.78, 5) is 11.7. The minimum absolute atomic E-state index is 0.623. The first-order chi connectivity index (χ1) is 8.38. The highest BCUT2D eigenvalue weighted by molar-refractivity contribution is 8.25. The molecule has 0 aromatic carbocycles. The van der Waals surface area contributed by atoms with Crippen molar-refractivity contribution in [3.05, 3.63) is 28.4 Å². The Labute approximate surface area is 107 Å². The van der Waals surface area contributed by atoms with Crippen LogP contribution in [0.2, 0.25) is 0 Å². The third kappa shape index (κ3) is 1.92. The fraction of sp³-hybridized carbons (Fsp3) is 0.182. The van der Waals surface area contributed by atoms with Gasteiger partial charge in [-0.1, -0.05) is 0 Å². The van der Waals surface area contributed by atoms with Crippen molar-refractivity contribution in [2.75, 3.05) is 11.5 Å². The van der Waals surface area contributed by atoms with E-state index >= 15 is 0 Å². The van der Waals surface area contributed by atoms with Gasteiger partial charge in [-0.15, -0.1) is 23.5 Å². The Balaban J connectivity index is 2.14. The molecule has 3 heterocycles. The number of allylic oxidation sites excluding steroid dienone is 1. The standard InChI is InChI=1S/C11H8N4S2/c12-6-7(11-16-4-5-17-11)9-14-8-2-1-3-13-10(8)15-9/h1-3H,4-5H2,(H,13,14,15). The second-order valence-corrected chi connectivity index (χ2v) is 5.90. The maximum Gasteiger partial charge on any atom is 0.178 e. The van der Waals surface area contributed by atoms with Crippen LogP contribution in [0.15, 0.2) is 22.6 Å². The average Bonchev–Trinajstić information content (AvgIpc) is 2.98. The molecule has 1 aliphatic rings. The number of H-pyrrole nitrogens is 1. The smallest absolute Gasteiger partial charge is 0.178 e. The first kappa shape index (κ1) is 10.7. The molecule has 0 unspecified atom stereocenters. The van der Waals surface area contributed by atoms with Gasteiger partial charge < -0.3 is 4.98 Å². The number of imidazole rings is 1. The molecule has 2 aromatic heterocycles. The number of aromatic nitrogens is 3. The highest BCUT2D eigenvalue weighted by Crippen LogP contribution is 2.41. The topological polar surface area (TPSA) is 65.4 Å². The molecule has 4 nitrogen and oxygen atoms in total. The van der Waals surface area contributed by atoms with Crippen molar-refractivity contribution < 1.29 is 0 Å². The molecule has 2 aromatic rings. The van der Waals surface area contributed by atoms with E-state index in [9.17, 15) is 5.26 Å². The number of pyridine rings is 1. The van der Waals surface area contributed by atoms with Gasteiger partial charge in [-0.2, -0.15) is 5.26 Å². The van der Waals surface area contributed by atoms with E-state index in [1.807, 2.05) is 12.1 Å². The number of thioether (sulfide) groups is 2. The van der Waals surface area contributed by atoms with Gasteiger partial charge in [0.25, 0.3) is 0 Å². The molecule has 0 spiro atoms. The van der Waals surface area contributed by atoms with Gasteiger partial charge in [-0.05, 0) is 12.1 Å². The number of fused-ring (bicyclic) bond motifs is 1. The molecule has 1 aliphatic heterocycles. The predicted octanol–water partition coefficient (Wildman–Crippen LogP) is 2.63. The zero-order chi connectivity index (χ0) is 11.7. The summed E-state index contributed by atoms with van der Waals surface area (Å²) in [6.07, 6.45) is 1.70. The zero-order valence-corrected chi connectivity index (χ0v) is 10.4. The van der Waals surface area contributed by atoms with E-state index in [-0.39, 0.29) is 0 Å². The second-order valence-electron chi connectivity index (χ2n) is 3.43.